The Morgan fingerprint density at radius 1 is 1.33 bits per heavy atom. The highest BCUT2D eigenvalue weighted by molar-refractivity contribution is 5.72. The fourth-order valence-electron chi connectivity index (χ4n) is 0.809. The predicted octanol–water partition coefficient (Wildman–Crippen LogP) is 1.14. The van der Waals surface area contributed by atoms with Crippen molar-refractivity contribution in [1.82, 2.24) is 0 Å². The fraction of sp³-hybridized carbons (Fsp3) is 0.100. The van der Waals surface area contributed by atoms with E-state index in [-0.39, 0.29) is 5.75 Å². The first-order valence-corrected chi connectivity index (χ1v) is 3.53. The number of phenols is 1. The first-order chi connectivity index (χ1) is 5.83. The van der Waals surface area contributed by atoms with Gasteiger partial charge >= 0.3 is 0 Å². The molecule has 0 aliphatic rings. The second kappa shape index (κ2) is 4.20. The number of aromatic hydroxyl groups is 1. The van der Waals surface area contributed by atoms with Gasteiger partial charge in [-0.1, -0.05) is 18.1 Å². The Labute approximate surface area is 70.8 Å². The van der Waals surface area contributed by atoms with Gasteiger partial charge in [0.05, 0.1) is 0 Å². The molecule has 0 heterocycles. The van der Waals surface area contributed by atoms with Crippen molar-refractivity contribution in [3.63, 3.8) is 0 Å². The van der Waals surface area contributed by atoms with Crippen molar-refractivity contribution in [2.75, 3.05) is 0 Å². The van der Waals surface area contributed by atoms with Crippen LogP contribution in [0.15, 0.2) is 24.3 Å². The lowest BCUT2D eigenvalue weighted by atomic mass is 10.1. The molecule has 0 saturated heterocycles. The average Bonchev–Trinajstić information content (AvgIpc) is 2.09. The van der Waals surface area contributed by atoms with E-state index in [2.05, 4.69) is 11.8 Å². The summed E-state index contributed by atoms with van der Waals surface area (Å²) in [6.07, 6.45) is 1.11. The quantitative estimate of drug-likeness (QED) is 0.494. The number of aldehydes is 1. The van der Waals surface area contributed by atoms with Crippen LogP contribution in [0, 0.1) is 11.8 Å². The molecular weight excluding hydrogens is 152 g/mol. The van der Waals surface area contributed by atoms with E-state index in [1.165, 1.54) is 0 Å². The molecular formula is C10H8O2. The minimum Gasteiger partial charge on any atom is -0.508 e. The molecule has 1 N–H and O–H groups in total. The largest absolute Gasteiger partial charge is 0.508 e. The first-order valence-electron chi connectivity index (χ1n) is 3.53. The van der Waals surface area contributed by atoms with Crippen LogP contribution >= 0.6 is 0 Å². The molecule has 12 heavy (non-hydrogen) atoms. The Morgan fingerprint density at radius 3 is 2.58 bits per heavy atom. The molecule has 0 aliphatic carbocycles. The number of carbonyl (C=O) groups excluding carboxylic acids is 1. The van der Waals surface area contributed by atoms with Gasteiger partial charge in [-0.15, -0.1) is 0 Å². The molecule has 2 nitrogen and oxygen atoms in total. The molecule has 0 aliphatic heterocycles. The van der Waals surface area contributed by atoms with Gasteiger partial charge in [0, 0.05) is 6.42 Å². The normalized spacial score (nSPS) is 8.33. The SMILES string of the molecule is O=CC#CCc1ccc(O)cc1. The van der Waals surface area contributed by atoms with Gasteiger partial charge < -0.3 is 5.11 Å². The van der Waals surface area contributed by atoms with E-state index in [1.54, 1.807) is 24.3 Å². The lowest BCUT2D eigenvalue weighted by Gasteiger charge is -1.93. The van der Waals surface area contributed by atoms with Gasteiger partial charge in [0.25, 0.3) is 0 Å². The van der Waals surface area contributed by atoms with E-state index in [4.69, 9.17) is 5.11 Å². The van der Waals surface area contributed by atoms with E-state index in [9.17, 15) is 4.79 Å². The Kier molecular flexibility index (Phi) is 2.92. The molecule has 0 radical (unpaired) electrons. The van der Waals surface area contributed by atoms with Gasteiger partial charge in [0.15, 0.2) is 6.29 Å². The second-order valence-corrected chi connectivity index (χ2v) is 2.28. The standard InChI is InChI=1S/C10H8O2/c11-8-2-1-3-9-4-6-10(12)7-5-9/h4-8,12H,3H2. The molecule has 0 fully saturated rings. The minimum atomic E-state index is 0.238. The van der Waals surface area contributed by atoms with Crippen molar-refractivity contribution >= 4 is 6.29 Å². The predicted molar refractivity (Wildman–Crippen MR) is 45.7 cm³/mol. The lowest BCUT2D eigenvalue weighted by Crippen LogP contribution is -1.79. The van der Waals surface area contributed by atoms with E-state index < -0.39 is 0 Å². The van der Waals surface area contributed by atoms with E-state index in [0.29, 0.717) is 12.7 Å². The zero-order valence-electron chi connectivity index (χ0n) is 6.45. The van der Waals surface area contributed by atoms with E-state index in [1.807, 2.05) is 0 Å². The zero-order chi connectivity index (χ0) is 8.81. The van der Waals surface area contributed by atoms with E-state index in [0.717, 1.165) is 5.56 Å². The van der Waals surface area contributed by atoms with Crippen LogP contribution in [-0.2, 0) is 11.2 Å². The van der Waals surface area contributed by atoms with Crippen LogP contribution in [0.25, 0.3) is 0 Å². The Morgan fingerprint density at radius 2 is 2.00 bits per heavy atom. The minimum absolute atomic E-state index is 0.238. The summed E-state index contributed by atoms with van der Waals surface area (Å²) >= 11 is 0. The highest BCUT2D eigenvalue weighted by Crippen LogP contribution is 2.09. The molecule has 0 spiro atoms. The molecule has 60 valence electrons. The maximum atomic E-state index is 9.84. The Bertz CT molecular complexity index is 314. The Hall–Kier alpha value is -1.75. The summed E-state index contributed by atoms with van der Waals surface area (Å²) in [6, 6.07) is 6.74. The third-order valence-corrected chi connectivity index (χ3v) is 1.39. The smallest absolute Gasteiger partial charge is 0.192 e. The van der Waals surface area contributed by atoms with Crippen LogP contribution in [0.2, 0.25) is 0 Å². The molecule has 0 bridgehead atoms. The van der Waals surface area contributed by atoms with Gasteiger partial charge in [-0.25, -0.2) is 0 Å². The molecule has 2 heteroatoms. The van der Waals surface area contributed by atoms with Crippen LogP contribution in [0.3, 0.4) is 0 Å². The summed E-state index contributed by atoms with van der Waals surface area (Å²) in [5.41, 5.74) is 0.988. The molecule has 0 amide bonds. The van der Waals surface area contributed by atoms with Crippen LogP contribution in [0.5, 0.6) is 5.75 Å². The first kappa shape index (κ1) is 8.35. The Balaban J connectivity index is 2.64. The zero-order valence-corrected chi connectivity index (χ0v) is 6.45. The van der Waals surface area contributed by atoms with Crippen LogP contribution in [-0.4, -0.2) is 11.4 Å². The number of phenolic OH excluding ortho intramolecular Hbond substituents is 1. The monoisotopic (exact) mass is 160 g/mol. The van der Waals surface area contributed by atoms with Gasteiger partial charge in [-0.3, -0.25) is 4.79 Å². The average molecular weight is 160 g/mol. The van der Waals surface area contributed by atoms with Crippen molar-refractivity contribution < 1.29 is 9.90 Å². The summed E-state index contributed by atoms with van der Waals surface area (Å²) < 4.78 is 0. The molecule has 1 rings (SSSR count). The number of rotatable bonds is 1. The molecule has 1 aromatic carbocycles. The summed E-state index contributed by atoms with van der Waals surface area (Å²) in [5, 5.41) is 8.94. The van der Waals surface area contributed by atoms with Gasteiger partial charge in [0.1, 0.15) is 5.75 Å². The third-order valence-electron chi connectivity index (χ3n) is 1.39. The molecule has 0 unspecified atom stereocenters. The molecule has 1 aromatic rings. The van der Waals surface area contributed by atoms with Gasteiger partial charge in [0.2, 0.25) is 0 Å². The third kappa shape index (κ3) is 2.47. The fourth-order valence-corrected chi connectivity index (χ4v) is 0.809. The number of carbonyl (C=O) groups is 1. The maximum absolute atomic E-state index is 9.84. The van der Waals surface area contributed by atoms with Crippen molar-refractivity contribution in [2.45, 2.75) is 6.42 Å². The number of hydrogen-bond acceptors (Lipinski definition) is 2. The van der Waals surface area contributed by atoms with E-state index >= 15 is 0 Å². The summed E-state index contributed by atoms with van der Waals surface area (Å²) in [4.78, 5) is 9.84. The summed E-state index contributed by atoms with van der Waals surface area (Å²) in [5.74, 6) is 5.23. The van der Waals surface area contributed by atoms with Crippen molar-refractivity contribution in [3.05, 3.63) is 29.8 Å². The second-order valence-electron chi connectivity index (χ2n) is 2.28. The molecule has 0 saturated carbocycles. The topological polar surface area (TPSA) is 37.3 Å². The van der Waals surface area contributed by atoms with Crippen molar-refractivity contribution in [1.29, 1.82) is 0 Å². The highest BCUT2D eigenvalue weighted by atomic mass is 16.3. The van der Waals surface area contributed by atoms with Crippen molar-refractivity contribution in [2.24, 2.45) is 0 Å². The van der Waals surface area contributed by atoms with Crippen LogP contribution in [0.4, 0.5) is 0 Å². The van der Waals surface area contributed by atoms with Crippen LogP contribution < -0.4 is 0 Å². The van der Waals surface area contributed by atoms with Gasteiger partial charge in [-0.2, -0.15) is 0 Å². The number of hydrogen-bond donors (Lipinski definition) is 1. The van der Waals surface area contributed by atoms with Crippen molar-refractivity contribution in [3.8, 4) is 17.6 Å². The number of benzene rings is 1. The molecule has 0 atom stereocenters. The van der Waals surface area contributed by atoms with Crippen LogP contribution in [0.1, 0.15) is 5.56 Å². The lowest BCUT2D eigenvalue weighted by molar-refractivity contribution is -0.103. The highest BCUT2D eigenvalue weighted by Gasteiger charge is 1.88. The van der Waals surface area contributed by atoms with Gasteiger partial charge in [-0.05, 0) is 23.6 Å². The summed E-state index contributed by atoms with van der Waals surface area (Å²) in [7, 11) is 0. The maximum Gasteiger partial charge on any atom is 0.192 e. The molecule has 0 aromatic heterocycles. The summed E-state index contributed by atoms with van der Waals surface area (Å²) in [6.45, 7) is 0.